The van der Waals surface area contributed by atoms with Gasteiger partial charge in [-0.3, -0.25) is 0 Å². The highest BCUT2D eigenvalue weighted by atomic mass is 16.5. The topological polar surface area (TPSA) is 34.1 Å². The van der Waals surface area contributed by atoms with Gasteiger partial charge in [-0.2, -0.15) is 0 Å². The number of nitrogens with one attached hydrogen (secondary N) is 1. The second-order valence-corrected chi connectivity index (χ2v) is 5.73. The lowest BCUT2D eigenvalue weighted by atomic mass is 10.1. The summed E-state index contributed by atoms with van der Waals surface area (Å²) in [5.41, 5.74) is 1.01. The van der Waals surface area contributed by atoms with Crippen LogP contribution < -0.4 is 10.1 Å². The summed E-state index contributed by atoms with van der Waals surface area (Å²) in [7, 11) is 1.93. The van der Waals surface area contributed by atoms with Crippen LogP contribution in [-0.2, 0) is 6.54 Å². The summed E-state index contributed by atoms with van der Waals surface area (Å²) >= 11 is 0. The van der Waals surface area contributed by atoms with Gasteiger partial charge in [0.2, 0.25) is 5.88 Å². The normalized spacial score (nSPS) is 12.8. The minimum atomic E-state index is 0.177. The van der Waals surface area contributed by atoms with Crippen molar-refractivity contribution in [3.8, 4) is 5.88 Å². The summed E-state index contributed by atoms with van der Waals surface area (Å²) in [4.78, 5) is 4.65. The molecule has 3 heteroatoms. The molecule has 1 atom stereocenters. The fourth-order valence-corrected chi connectivity index (χ4v) is 2.48. The molecule has 0 radical (unpaired) electrons. The Morgan fingerprint density at radius 3 is 2.65 bits per heavy atom. The fraction of sp³-hybridized carbons (Fsp3) is 0.471. The Bertz CT molecular complexity index is 566. The molecule has 2 aromatic rings. The van der Waals surface area contributed by atoms with Crippen molar-refractivity contribution in [3.63, 3.8) is 0 Å². The molecule has 0 saturated carbocycles. The first-order valence-corrected chi connectivity index (χ1v) is 7.30. The summed E-state index contributed by atoms with van der Waals surface area (Å²) in [5.74, 6) is 1.37. The van der Waals surface area contributed by atoms with Crippen molar-refractivity contribution in [3.05, 3.63) is 36.0 Å². The average molecular weight is 272 g/mol. The van der Waals surface area contributed by atoms with E-state index in [1.54, 1.807) is 0 Å². The Labute approximate surface area is 121 Å². The number of benzene rings is 1. The number of nitrogens with zero attached hydrogens (tertiary/aromatic N) is 1. The van der Waals surface area contributed by atoms with Crippen molar-refractivity contribution in [1.82, 2.24) is 10.3 Å². The number of rotatable bonds is 6. The molecule has 0 aliphatic carbocycles. The van der Waals surface area contributed by atoms with E-state index in [1.807, 2.05) is 19.2 Å². The Morgan fingerprint density at radius 1 is 1.20 bits per heavy atom. The quantitative estimate of drug-likeness (QED) is 0.869. The van der Waals surface area contributed by atoms with E-state index in [2.05, 4.69) is 49.3 Å². The minimum Gasteiger partial charge on any atom is -0.474 e. The number of aromatic nitrogens is 1. The first kappa shape index (κ1) is 14.8. The zero-order valence-electron chi connectivity index (χ0n) is 12.8. The highest BCUT2D eigenvalue weighted by Gasteiger charge is 2.12. The maximum Gasteiger partial charge on any atom is 0.221 e. The first-order valence-electron chi connectivity index (χ1n) is 7.30. The van der Waals surface area contributed by atoms with Gasteiger partial charge in [-0.25, -0.2) is 4.98 Å². The molecule has 1 aromatic carbocycles. The zero-order valence-corrected chi connectivity index (χ0v) is 12.8. The molecule has 3 nitrogen and oxygen atoms in total. The number of hydrogen-bond acceptors (Lipinski definition) is 3. The van der Waals surface area contributed by atoms with Crippen molar-refractivity contribution in [2.75, 3.05) is 7.05 Å². The van der Waals surface area contributed by atoms with Crippen LogP contribution in [0.2, 0.25) is 0 Å². The molecule has 0 fully saturated rings. The standard InChI is InChI=1S/C17H24N2O/c1-12(2)9-13(3)20-17-16-8-6-5-7-14(16)10-15(19-17)11-18-4/h5-8,10,12-13,18H,9,11H2,1-4H3. The van der Waals surface area contributed by atoms with Crippen LogP contribution in [-0.4, -0.2) is 18.1 Å². The molecule has 0 spiro atoms. The molecule has 0 saturated heterocycles. The molecule has 0 aliphatic rings. The van der Waals surface area contributed by atoms with Gasteiger partial charge in [-0.1, -0.05) is 32.0 Å². The third-order valence-corrected chi connectivity index (χ3v) is 3.23. The van der Waals surface area contributed by atoms with Crippen LogP contribution in [0.1, 0.15) is 32.9 Å². The second-order valence-electron chi connectivity index (χ2n) is 5.73. The summed E-state index contributed by atoms with van der Waals surface area (Å²) in [6.07, 6.45) is 1.21. The van der Waals surface area contributed by atoms with Gasteiger partial charge in [-0.15, -0.1) is 0 Å². The van der Waals surface area contributed by atoms with Gasteiger partial charge >= 0.3 is 0 Å². The van der Waals surface area contributed by atoms with Crippen molar-refractivity contribution in [2.45, 2.75) is 39.8 Å². The molecule has 0 amide bonds. The third-order valence-electron chi connectivity index (χ3n) is 3.23. The smallest absolute Gasteiger partial charge is 0.221 e. The summed E-state index contributed by atoms with van der Waals surface area (Å²) in [5, 5.41) is 5.41. The predicted octanol–water partition coefficient (Wildman–Crippen LogP) is 3.77. The maximum atomic E-state index is 6.09. The highest BCUT2D eigenvalue weighted by Crippen LogP contribution is 2.26. The molecule has 1 heterocycles. The lowest BCUT2D eigenvalue weighted by Crippen LogP contribution is -2.16. The van der Waals surface area contributed by atoms with Gasteiger partial charge in [0.1, 0.15) is 0 Å². The van der Waals surface area contributed by atoms with Crippen molar-refractivity contribution >= 4 is 10.8 Å². The number of ether oxygens (including phenoxy) is 1. The Balaban J connectivity index is 2.34. The van der Waals surface area contributed by atoms with Crippen molar-refractivity contribution in [2.24, 2.45) is 5.92 Å². The molecule has 1 N–H and O–H groups in total. The van der Waals surface area contributed by atoms with Crippen LogP contribution >= 0.6 is 0 Å². The summed E-state index contributed by atoms with van der Waals surface area (Å²) < 4.78 is 6.09. The van der Waals surface area contributed by atoms with Crippen LogP contribution in [0.5, 0.6) is 5.88 Å². The molecular weight excluding hydrogens is 248 g/mol. The van der Waals surface area contributed by atoms with Crippen LogP contribution in [0.4, 0.5) is 0 Å². The molecule has 1 unspecified atom stereocenters. The van der Waals surface area contributed by atoms with Crippen LogP contribution in [0.3, 0.4) is 0 Å². The summed E-state index contributed by atoms with van der Waals surface area (Å²) in [6, 6.07) is 10.4. The highest BCUT2D eigenvalue weighted by molar-refractivity contribution is 5.87. The van der Waals surface area contributed by atoms with Gasteiger partial charge in [0.25, 0.3) is 0 Å². The van der Waals surface area contributed by atoms with Crippen molar-refractivity contribution in [1.29, 1.82) is 0 Å². The van der Waals surface area contributed by atoms with E-state index in [0.717, 1.165) is 29.9 Å². The van der Waals surface area contributed by atoms with E-state index in [-0.39, 0.29) is 6.10 Å². The van der Waals surface area contributed by atoms with Gasteiger partial charge in [0.05, 0.1) is 11.8 Å². The van der Waals surface area contributed by atoms with E-state index >= 15 is 0 Å². The molecule has 1 aromatic heterocycles. The molecule has 2 rings (SSSR count). The molecule has 108 valence electrons. The number of pyridine rings is 1. The van der Waals surface area contributed by atoms with E-state index < -0.39 is 0 Å². The Morgan fingerprint density at radius 2 is 1.95 bits per heavy atom. The zero-order chi connectivity index (χ0) is 14.5. The Hall–Kier alpha value is -1.61. The molecular formula is C17H24N2O. The number of hydrogen-bond donors (Lipinski definition) is 1. The molecule has 20 heavy (non-hydrogen) atoms. The SMILES string of the molecule is CNCc1cc2ccccc2c(OC(C)CC(C)C)n1. The molecule has 0 bridgehead atoms. The van der Waals surface area contributed by atoms with Gasteiger partial charge < -0.3 is 10.1 Å². The van der Waals surface area contributed by atoms with Gasteiger partial charge in [0.15, 0.2) is 0 Å². The second kappa shape index (κ2) is 6.71. The Kier molecular flexibility index (Phi) is 4.96. The van der Waals surface area contributed by atoms with E-state index in [4.69, 9.17) is 4.74 Å². The largest absolute Gasteiger partial charge is 0.474 e. The van der Waals surface area contributed by atoms with Crippen molar-refractivity contribution < 1.29 is 4.74 Å². The summed E-state index contributed by atoms with van der Waals surface area (Å²) in [6.45, 7) is 7.28. The van der Waals surface area contributed by atoms with Gasteiger partial charge in [-0.05, 0) is 43.8 Å². The van der Waals surface area contributed by atoms with E-state index in [9.17, 15) is 0 Å². The lowest BCUT2D eigenvalue weighted by Gasteiger charge is -2.18. The third kappa shape index (κ3) is 3.70. The van der Waals surface area contributed by atoms with Crippen LogP contribution in [0.25, 0.3) is 10.8 Å². The predicted molar refractivity (Wildman–Crippen MR) is 84.1 cm³/mol. The lowest BCUT2D eigenvalue weighted by molar-refractivity contribution is 0.188. The maximum absolute atomic E-state index is 6.09. The monoisotopic (exact) mass is 272 g/mol. The van der Waals surface area contributed by atoms with E-state index in [0.29, 0.717) is 5.92 Å². The van der Waals surface area contributed by atoms with Gasteiger partial charge in [0, 0.05) is 11.9 Å². The fourth-order valence-electron chi connectivity index (χ4n) is 2.48. The first-order chi connectivity index (χ1) is 9.60. The minimum absolute atomic E-state index is 0.177. The average Bonchev–Trinajstić information content (AvgIpc) is 2.38. The molecule has 0 aliphatic heterocycles. The van der Waals surface area contributed by atoms with Crippen LogP contribution in [0.15, 0.2) is 30.3 Å². The van der Waals surface area contributed by atoms with E-state index in [1.165, 1.54) is 5.39 Å². The van der Waals surface area contributed by atoms with Crippen LogP contribution in [0, 0.1) is 5.92 Å². The number of fused-ring (bicyclic) bond motifs is 1.